The summed E-state index contributed by atoms with van der Waals surface area (Å²) >= 11 is 0. The predicted octanol–water partition coefficient (Wildman–Crippen LogP) is 2.10. The van der Waals surface area contributed by atoms with Crippen LogP contribution in [0, 0.1) is 0 Å². The Kier molecular flexibility index (Phi) is 3.66. The van der Waals surface area contributed by atoms with E-state index in [9.17, 15) is 0 Å². The van der Waals surface area contributed by atoms with E-state index < -0.39 is 0 Å². The summed E-state index contributed by atoms with van der Waals surface area (Å²) in [5.41, 5.74) is 1.58. The summed E-state index contributed by atoms with van der Waals surface area (Å²) in [6.45, 7) is 2.48. The molecule has 1 fully saturated rings. The number of nitrogens with one attached hydrogen (secondary N) is 1. The van der Waals surface area contributed by atoms with Crippen LogP contribution in [-0.2, 0) is 11.3 Å². The van der Waals surface area contributed by atoms with E-state index in [0.29, 0.717) is 18.6 Å². The molecule has 19 heavy (non-hydrogen) atoms. The highest BCUT2D eigenvalue weighted by atomic mass is 16.5. The maximum atomic E-state index is 5.83. The first-order valence-electron chi connectivity index (χ1n) is 6.61. The number of nitrogens with zero attached hydrogens (tertiary/aromatic N) is 1. The van der Waals surface area contributed by atoms with Crippen molar-refractivity contribution in [1.29, 1.82) is 0 Å². The fourth-order valence-corrected chi connectivity index (χ4v) is 2.29. The van der Waals surface area contributed by atoms with Crippen molar-refractivity contribution in [1.82, 2.24) is 10.3 Å². The van der Waals surface area contributed by atoms with E-state index in [0.717, 1.165) is 42.8 Å². The van der Waals surface area contributed by atoms with Gasteiger partial charge < -0.3 is 19.2 Å². The largest absolute Gasteiger partial charge is 0.497 e. The van der Waals surface area contributed by atoms with Crippen LogP contribution in [0.2, 0.25) is 0 Å². The van der Waals surface area contributed by atoms with E-state index in [4.69, 9.17) is 13.9 Å². The van der Waals surface area contributed by atoms with E-state index in [1.807, 2.05) is 18.2 Å². The smallest absolute Gasteiger partial charge is 0.221 e. The van der Waals surface area contributed by atoms with Crippen molar-refractivity contribution in [3.63, 3.8) is 0 Å². The quantitative estimate of drug-likeness (QED) is 0.914. The average molecular weight is 262 g/mol. The number of fused-ring (bicyclic) bond motifs is 1. The molecule has 0 spiro atoms. The molecule has 1 saturated heterocycles. The Morgan fingerprint density at radius 1 is 1.37 bits per heavy atom. The van der Waals surface area contributed by atoms with Crippen LogP contribution in [0.15, 0.2) is 22.6 Å². The minimum atomic E-state index is 0.311. The van der Waals surface area contributed by atoms with Crippen LogP contribution in [0.1, 0.15) is 18.7 Å². The second-order valence-corrected chi connectivity index (χ2v) is 4.70. The summed E-state index contributed by atoms with van der Waals surface area (Å²) in [4.78, 5) is 4.42. The molecule has 5 heteroatoms. The number of hydrogen-bond acceptors (Lipinski definition) is 5. The number of piperidine rings is 1. The van der Waals surface area contributed by atoms with Crippen LogP contribution < -0.4 is 10.1 Å². The standard InChI is InChI=1S/C14H18N2O3/c1-17-11-2-3-13-12(8-11)16-14(19-13)9-18-10-4-6-15-7-5-10/h2-3,8,10,15H,4-7,9H2,1H3. The molecule has 1 N–H and O–H groups in total. The number of methoxy groups -OCH3 is 1. The van der Waals surface area contributed by atoms with Crippen LogP contribution in [-0.4, -0.2) is 31.3 Å². The van der Waals surface area contributed by atoms with Gasteiger partial charge in [-0.3, -0.25) is 0 Å². The third-order valence-corrected chi connectivity index (χ3v) is 3.37. The summed E-state index contributed by atoms with van der Waals surface area (Å²) in [7, 11) is 1.64. The van der Waals surface area contributed by atoms with Gasteiger partial charge in [0.2, 0.25) is 5.89 Å². The number of aromatic nitrogens is 1. The summed E-state index contributed by atoms with van der Waals surface area (Å²) in [5.74, 6) is 1.41. The van der Waals surface area contributed by atoms with Crippen molar-refractivity contribution in [2.75, 3.05) is 20.2 Å². The zero-order chi connectivity index (χ0) is 13.1. The molecule has 0 atom stereocenters. The lowest BCUT2D eigenvalue weighted by atomic mass is 10.1. The average Bonchev–Trinajstić information content (AvgIpc) is 2.88. The van der Waals surface area contributed by atoms with E-state index in [1.165, 1.54) is 0 Å². The predicted molar refractivity (Wildman–Crippen MR) is 71.2 cm³/mol. The fraction of sp³-hybridized carbons (Fsp3) is 0.500. The molecule has 0 unspecified atom stereocenters. The first-order chi connectivity index (χ1) is 9.35. The number of benzene rings is 1. The lowest BCUT2D eigenvalue weighted by Crippen LogP contribution is -2.32. The second-order valence-electron chi connectivity index (χ2n) is 4.70. The normalized spacial score (nSPS) is 16.9. The van der Waals surface area contributed by atoms with Gasteiger partial charge >= 0.3 is 0 Å². The Morgan fingerprint density at radius 3 is 3.00 bits per heavy atom. The van der Waals surface area contributed by atoms with Crippen LogP contribution in [0.3, 0.4) is 0 Å². The first kappa shape index (κ1) is 12.4. The molecule has 2 aromatic rings. The maximum Gasteiger partial charge on any atom is 0.221 e. The Morgan fingerprint density at radius 2 is 2.21 bits per heavy atom. The van der Waals surface area contributed by atoms with Gasteiger partial charge in [0, 0.05) is 6.07 Å². The molecule has 0 aliphatic carbocycles. The lowest BCUT2D eigenvalue weighted by molar-refractivity contribution is 0.0113. The number of hydrogen-bond donors (Lipinski definition) is 1. The Hall–Kier alpha value is -1.59. The van der Waals surface area contributed by atoms with Gasteiger partial charge in [-0.25, -0.2) is 4.98 Å². The molecule has 1 aliphatic heterocycles. The van der Waals surface area contributed by atoms with E-state index >= 15 is 0 Å². The Bertz CT molecular complexity index is 547. The lowest BCUT2D eigenvalue weighted by Gasteiger charge is -2.22. The number of oxazole rings is 1. The molecular formula is C14H18N2O3. The Labute approximate surface area is 111 Å². The zero-order valence-electron chi connectivity index (χ0n) is 11.0. The van der Waals surface area contributed by atoms with Gasteiger partial charge in [-0.1, -0.05) is 0 Å². The van der Waals surface area contributed by atoms with Crippen molar-refractivity contribution in [3.8, 4) is 5.75 Å². The molecule has 1 aromatic carbocycles. The third-order valence-electron chi connectivity index (χ3n) is 3.37. The van der Waals surface area contributed by atoms with Gasteiger partial charge in [-0.2, -0.15) is 0 Å². The molecule has 102 valence electrons. The second kappa shape index (κ2) is 5.59. The molecule has 2 heterocycles. The van der Waals surface area contributed by atoms with Crippen molar-refractivity contribution < 1.29 is 13.9 Å². The molecular weight excluding hydrogens is 244 g/mol. The van der Waals surface area contributed by atoms with Crippen LogP contribution in [0.25, 0.3) is 11.1 Å². The minimum Gasteiger partial charge on any atom is -0.497 e. The fourth-order valence-electron chi connectivity index (χ4n) is 2.29. The molecule has 5 nitrogen and oxygen atoms in total. The van der Waals surface area contributed by atoms with Crippen molar-refractivity contribution >= 4 is 11.1 Å². The molecule has 0 saturated carbocycles. The summed E-state index contributed by atoms with van der Waals surface area (Å²) < 4.78 is 16.6. The van der Waals surface area contributed by atoms with Crippen LogP contribution in [0.5, 0.6) is 5.75 Å². The van der Waals surface area contributed by atoms with Crippen LogP contribution >= 0.6 is 0 Å². The SMILES string of the molecule is COc1ccc2oc(COC3CCNCC3)nc2c1. The van der Waals surface area contributed by atoms with Gasteiger partial charge in [0.25, 0.3) is 0 Å². The first-order valence-corrected chi connectivity index (χ1v) is 6.61. The molecule has 3 rings (SSSR count). The summed E-state index contributed by atoms with van der Waals surface area (Å²) in [5, 5.41) is 3.31. The Balaban J connectivity index is 1.67. The van der Waals surface area contributed by atoms with E-state index in [1.54, 1.807) is 7.11 Å². The van der Waals surface area contributed by atoms with Crippen molar-refractivity contribution in [2.45, 2.75) is 25.6 Å². The summed E-state index contributed by atoms with van der Waals surface area (Å²) in [6, 6.07) is 5.60. The van der Waals surface area contributed by atoms with Gasteiger partial charge in [0.15, 0.2) is 5.58 Å². The highest BCUT2D eigenvalue weighted by molar-refractivity contribution is 5.74. The van der Waals surface area contributed by atoms with Gasteiger partial charge in [-0.05, 0) is 38.1 Å². The topological polar surface area (TPSA) is 56.5 Å². The minimum absolute atomic E-state index is 0.311. The molecule has 1 aromatic heterocycles. The highest BCUT2D eigenvalue weighted by Gasteiger charge is 2.15. The van der Waals surface area contributed by atoms with Crippen molar-refractivity contribution in [3.05, 3.63) is 24.1 Å². The third kappa shape index (κ3) is 2.88. The van der Waals surface area contributed by atoms with E-state index in [-0.39, 0.29) is 0 Å². The zero-order valence-corrected chi connectivity index (χ0v) is 11.0. The number of rotatable bonds is 4. The molecule has 0 radical (unpaired) electrons. The van der Waals surface area contributed by atoms with Gasteiger partial charge in [0.1, 0.15) is 17.9 Å². The van der Waals surface area contributed by atoms with Gasteiger partial charge in [-0.15, -0.1) is 0 Å². The maximum absolute atomic E-state index is 5.83. The molecule has 0 amide bonds. The monoisotopic (exact) mass is 262 g/mol. The van der Waals surface area contributed by atoms with Crippen LogP contribution in [0.4, 0.5) is 0 Å². The van der Waals surface area contributed by atoms with Gasteiger partial charge in [0.05, 0.1) is 13.2 Å². The van der Waals surface area contributed by atoms with Crippen molar-refractivity contribution in [2.24, 2.45) is 0 Å². The number of ether oxygens (including phenoxy) is 2. The molecule has 1 aliphatic rings. The highest BCUT2D eigenvalue weighted by Crippen LogP contribution is 2.22. The molecule has 0 bridgehead atoms. The van der Waals surface area contributed by atoms with E-state index in [2.05, 4.69) is 10.3 Å². The summed E-state index contributed by atoms with van der Waals surface area (Å²) in [6.07, 6.45) is 2.41.